The van der Waals surface area contributed by atoms with Crippen LogP contribution >= 0.6 is 0 Å². The Balaban J connectivity index is 1.36. The van der Waals surface area contributed by atoms with Crippen LogP contribution in [0.4, 0.5) is 5.82 Å². The summed E-state index contributed by atoms with van der Waals surface area (Å²) in [6.07, 6.45) is 6.90. The number of ether oxygens (including phenoxy) is 2. The van der Waals surface area contributed by atoms with E-state index in [-0.39, 0.29) is 29.9 Å². The van der Waals surface area contributed by atoms with Gasteiger partial charge in [0, 0.05) is 65.3 Å². The van der Waals surface area contributed by atoms with E-state index in [0.717, 1.165) is 25.7 Å². The highest BCUT2D eigenvalue weighted by Gasteiger charge is 2.40. The molecule has 3 saturated heterocycles. The standard InChI is InChI=1S/C21H31N5O4/c1-24(2)19-20(23-8-7-22-19)30-17-4-3-9-25(14-17)21(28)15-12-18(27)26(13-15)16-5-10-29-11-6-16/h7-8,15-17H,3-6,9-14H2,1-2H3. The van der Waals surface area contributed by atoms with Crippen LogP contribution in [0.3, 0.4) is 0 Å². The Morgan fingerprint density at radius 1 is 1.17 bits per heavy atom. The number of piperidine rings is 1. The van der Waals surface area contributed by atoms with Gasteiger partial charge in [0.1, 0.15) is 6.10 Å². The largest absolute Gasteiger partial charge is 0.470 e. The van der Waals surface area contributed by atoms with Crippen molar-refractivity contribution < 1.29 is 19.1 Å². The van der Waals surface area contributed by atoms with Crippen molar-refractivity contribution in [1.29, 1.82) is 0 Å². The summed E-state index contributed by atoms with van der Waals surface area (Å²) in [4.78, 5) is 40.0. The predicted molar refractivity (Wildman–Crippen MR) is 110 cm³/mol. The molecule has 1 aromatic heterocycles. The van der Waals surface area contributed by atoms with Crippen LogP contribution in [-0.4, -0.2) is 90.7 Å². The van der Waals surface area contributed by atoms with Gasteiger partial charge in [-0.15, -0.1) is 0 Å². The van der Waals surface area contributed by atoms with Crippen LogP contribution in [0.5, 0.6) is 5.88 Å². The molecule has 9 heteroatoms. The molecular weight excluding hydrogens is 386 g/mol. The van der Waals surface area contributed by atoms with Gasteiger partial charge in [0.2, 0.25) is 11.8 Å². The molecule has 3 aliphatic heterocycles. The molecule has 0 saturated carbocycles. The van der Waals surface area contributed by atoms with Crippen LogP contribution in [0.2, 0.25) is 0 Å². The first-order valence-electron chi connectivity index (χ1n) is 10.8. The van der Waals surface area contributed by atoms with E-state index in [2.05, 4.69) is 9.97 Å². The number of rotatable bonds is 5. The Morgan fingerprint density at radius 3 is 2.70 bits per heavy atom. The Labute approximate surface area is 177 Å². The highest BCUT2D eigenvalue weighted by atomic mass is 16.5. The molecule has 3 aliphatic rings. The first-order valence-corrected chi connectivity index (χ1v) is 10.8. The fraction of sp³-hybridized carbons (Fsp3) is 0.714. The number of hydrogen-bond acceptors (Lipinski definition) is 7. The SMILES string of the molecule is CN(C)c1nccnc1OC1CCCN(C(=O)C2CC(=O)N(C3CCOCC3)C2)C1. The third kappa shape index (κ3) is 4.50. The van der Waals surface area contributed by atoms with Gasteiger partial charge >= 0.3 is 0 Å². The van der Waals surface area contributed by atoms with Gasteiger partial charge in [-0.25, -0.2) is 9.97 Å². The minimum absolute atomic E-state index is 0.0678. The average Bonchev–Trinajstić information content (AvgIpc) is 3.16. The average molecular weight is 418 g/mol. The van der Waals surface area contributed by atoms with Crippen molar-refractivity contribution in [3.63, 3.8) is 0 Å². The summed E-state index contributed by atoms with van der Waals surface area (Å²) in [7, 11) is 3.80. The Kier molecular flexibility index (Phi) is 6.36. The van der Waals surface area contributed by atoms with Crippen molar-refractivity contribution in [2.45, 2.75) is 44.2 Å². The Morgan fingerprint density at radius 2 is 1.93 bits per heavy atom. The van der Waals surface area contributed by atoms with Gasteiger partial charge in [-0.05, 0) is 25.7 Å². The maximum absolute atomic E-state index is 13.2. The third-order valence-electron chi connectivity index (χ3n) is 6.18. The molecule has 164 valence electrons. The second kappa shape index (κ2) is 9.16. The van der Waals surface area contributed by atoms with Crippen LogP contribution in [0.25, 0.3) is 0 Å². The van der Waals surface area contributed by atoms with E-state index in [4.69, 9.17) is 9.47 Å². The lowest BCUT2D eigenvalue weighted by Crippen LogP contribution is -2.47. The summed E-state index contributed by atoms with van der Waals surface area (Å²) in [5, 5.41) is 0. The molecule has 2 amide bonds. The van der Waals surface area contributed by atoms with Crippen LogP contribution in [0.1, 0.15) is 32.1 Å². The van der Waals surface area contributed by atoms with Crippen LogP contribution < -0.4 is 9.64 Å². The van der Waals surface area contributed by atoms with E-state index in [1.54, 1.807) is 12.4 Å². The summed E-state index contributed by atoms with van der Waals surface area (Å²) < 4.78 is 11.5. The molecular formula is C21H31N5O4. The molecule has 0 N–H and O–H groups in total. The van der Waals surface area contributed by atoms with Gasteiger partial charge < -0.3 is 24.2 Å². The number of carbonyl (C=O) groups is 2. The second-order valence-corrected chi connectivity index (χ2v) is 8.54. The van der Waals surface area contributed by atoms with Gasteiger partial charge in [-0.1, -0.05) is 0 Å². The first kappa shape index (κ1) is 20.8. The van der Waals surface area contributed by atoms with E-state index >= 15 is 0 Å². The molecule has 4 rings (SSSR count). The molecule has 0 aromatic carbocycles. The molecule has 2 unspecified atom stereocenters. The van der Waals surface area contributed by atoms with Gasteiger partial charge in [0.25, 0.3) is 5.88 Å². The van der Waals surface area contributed by atoms with Crippen molar-refractivity contribution >= 4 is 17.6 Å². The van der Waals surface area contributed by atoms with E-state index in [1.807, 2.05) is 28.8 Å². The molecule has 3 fully saturated rings. The van der Waals surface area contributed by atoms with E-state index in [9.17, 15) is 9.59 Å². The highest BCUT2D eigenvalue weighted by Crippen LogP contribution is 2.28. The fourth-order valence-electron chi connectivity index (χ4n) is 4.61. The Hall–Kier alpha value is -2.42. The van der Waals surface area contributed by atoms with Gasteiger partial charge in [0.15, 0.2) is 5.82 Å². The van der Waals surface area contributed by atoms with E-state index < -0.39 is 0 Å². The number of hydrogen-bond donors (Lipinski definition) is 0. The normalized spacial score (nSPS) is 25.5. The third-order valence-corrected chi connectivity index (χ3v) is 6.18. The Bertz CT molecular complexity index is 768. The van der Waals surface area contributed by atoms with Crippen LogP contribution in [0, 0.1) is 5.92 Å². The second-order valence-electron chi connectivity index (χ2n) is 8.54. The number of aromatic nitrogens is 2. The monoisotopic (exact) mass is 417 g/mol. The topological polar surface area (TPSA) is 88.1 Å². The minimum atomic E-state index is -0.257. The van der Waals surface area contributed by atoms with Crippen molar-refractivity contribution in [2.75, 3.05) is 51.8 Å². The van der Waals surface area contributed by atoms with E-state index in [1.165, 1.54) is 0 Å². The molecule has 0 radical (unpaired) electrons. The van der Waals surface area contributed by atoms with Crippen molar-refractivity contribution in [3.8, 4) is 5.88 Å². The number of anilines is 1. The molecule has 4 heterocycles. The number of carbonyl (C=O) groups excluding carboxylic acids is 2. The predicted octanol–water partition coefficient (Wildman–Crippen LogP) is 0.940. The zero-order chi connectivity index (χ0) is 21.1. The van der Waals surface area contributed by atoms with Crippen LogP contribution in [-0.2, 0) is 14.3 Å². The fourth-order valence-corrected chi connectivity index (χ4v) is 4.61. The maximum atomic E-state index is 13.2. The lowest BCUT2D eigenvalue weighted by atomic mass is 10.0. The molecule has 2 atom stereocenters. The summed E-state index contributed by atoms with van der Waals surface area (Å²) in [5.74, 6) is 1.07. The van der Waals surface area contributed by atoms with Gasteiger partial charge in [-0.2, -0.15) is 0 Å². The van der Waals surface area contributed by atoms with Crippen molar-refractivity contribution in [1.82, 2.24) is 19.8 Å². The zero-order valence-electron chi connectivity index (χ0n) is 17.8. The first-order chi connectivity index (χ1) is 14.5. The van der Waals surface area contributed by atoms with Gasteiger partial charge in [-0.3, -0.25) is 9.59 Å². The molecule has 0 aliphatic carbocycles. The van der Waals surface area contributed by atoms with Crippen LogP contribution in [0.15, 0.2) is 12.4 Å². The summed E-state index contributed by atoms with van der Waals surface area (Å²) >= 11 is 0. The molecule has 30 heavy (non-hydrogen) atoms. The van der Waals surface area contributed by atoms with Crippen molar-refractivity contribution in [2.24, 2.45) is 5.92 Å². The quantitative estimate of drug-likeness (QED) is 0.704. The summed E-state index contributed by atoms with van der Waals surface area (Å²) in [5.41, 5.74) is 0. The minimum Gasteiger partial charge on any atom is -0.470 e. The van der Waals surface area contributed by atoms with E-state index in [0.29, 0.717) is 51.0 Å². The highest BCUT2D eigenvalue weighted by molar-refractivity contribution is 5.89. The number of likely N-dealkylation sites (tertiary alicyclic amines) is 2. The lowest BCUT2D eigenvalue weighted by Gasteiger charge is -2.35. The smallest absolute Gasteiger partial charge is 0.257 e. The maximum Gasteiger partial charge on any atom is 0.257 e. The van der Waals surface area contributed by atoms with Crippen molar-refractivity contribution in [3.05, 3.63) is 12.4 Å². The molecule has 0 spiro atoms. The summed E-state index contributed by atoms with van der Waals surface area (Å²) in [6, 6.07) is 0.211. The van der Waals surface area contributed by atoms with Gasteiger partial charge in [0.05, 0.1) is 12.5 Å². The molecule has 1 aromatic rings. The number of nitrogens with zero attached hydrogens (tertiary/aromatic N) is 5. The lowest BCUT2D eigenvalue weighted by molar-refractivity contribution is -0.138. The zero-order valence-corrected chi connectivity index (χ0v) is 17.8. The molecule has 0 bridgehead atoms. The summed E-state index contributed by atoms with van der Waals surface area (Å²) in [6.45, 7) is 3.14. The molecule has 9 nitrogen and oxygen atoms in total. The number of amides is 2.